The van der Waals surface area contributed by atoms with Gasteiger partial charge in [-0.05, 0) is 65.2 Å². The highest BCUT2D eigenvalue weighted by Crippen LogP contribution is 2.44. The number of aliphatic hydroxyl groups excluding tert-OH is 1. The first-order valence-electron chi connectivity index (χ1n) is 9.08. The van der Waals surface area contributed by atoms with Crippen molar-refractivity contribution in [3.05, 3.63) is 23.3 Å². The van der Waals surface area contributed by atoms with Crippen molar-refractivity contribution in [2.75, 3.05) is 0 Å². The number of aliphatic hydroxyl groups is 2. The highest BCUT2D eigenvalue weighted by atomic mass is 16.6. The van der Waals surface area contributed by atoms with Gasteiger partial charge in [-0.2, -0.15) is 0 Å². The molecule has 4 atom stereocenters. The van der Waals surface area contributed by atoms with E-state index in [-0.39, 0.29) is 5.60 Å². The number of hydrogen-bond acceptors (Lipinski definition) is 3. The van der Waals surface area contributed by atoms with Crippen LogP contribution < -0.4 is 0 Å². The van der Waals surface area contributed by atoms with E-state index in [9.17, 15) is 10.2 Å². The maximum Gasteiger partial charge on any atom is 0.101 e. The Morgan fingerprint density at radius 1 is 1.22 bits per heavy atom. The minimum absolute atomic E-state index is 0.00809. The molecule has 4 unspecified atom stereocenters. The SMILES string of the molecule is CC1=CCCC(C)(O)C(O)C=C(C(C)C)CCC2(C)OC2CC1. The summed E-state index contributed by atoms with van der Waals surface area (Å²) in [6.07, 6.45) is 9.04. The summed E-state index contributed by atoms with van der Waals surface area (Å²) >= 11 is 0. The predicted molar refractivity (Wildman–Crippen MR) is 94.3 cm³/mol. The smallest absolute Gasteiger partial charge is 0.101 e. The maximum absolute atomic E-state index is 10.6. The fourth-order valence-electron chi connectivity index (χ4n) is 3.43. The standard InChI is InChI=1S/C20H34O3/c1-14(2)16-10-12-20(5)18(23-20)9-8-15(3)7-6-11-19(4,22)17(21)13-16/h7,13-14,17-18,21-22H,6,8-12H2,1-5H3. The first-order valence-corrected chi connectivity index (χ1v) is 9.08. The number of ether oxygens (including phenoxy) is 1. The van der Waals surface area contributed by atoms with E-state index in [0.29, 0.717) is 18.4 Å². The molecule has 0 spiro atoms. The molecule has 2 rings (SSSR count). The van der Waals surface area contributed by atoms with E-state index in [1.807, 2.05) is 6.08 Å². The van der Waals surface area contributed by atoms with Crippen molar-refractivity contribution >= 4 is 0 Å². The van der Waals surface area contributed by atoms with Crippen LogP contribution >= 0.6 is 0 Å². The number of epoxide rings is 1. The van der Waals surface area contributed by atoms with Crippen molar-refractivity contribution < 1.29 is 14.9 Å². The Bertz CT molecular complexity index is 475. The molecule has 1 fully saturated rings. The van der Waals surface area contributed by atoms with Gasteiger partial charge in [-0.1, -0.05) is 37.1 Å². The van der Waals surface area contributed by atoms with Gasteiger partial charge in [0.2, 0.25) is 0 Å². The van der Waals surface area contributed by atoms with Crippen LogP contribution in [-0.2, 0) is 4.74 Å². The molecule has 1 aliphatic heterocycles. The molecule has 0 bridgehead atoms. The van der Waals surface area contributed by atoms with Crippen LogP contribution in [0.3, 0.4) is 0 Å². The zero-order valence-electron chi connectivity index (χ0n) is 15.4. The van der Waals surface area contributed by atoms with Crippen LogP contribution in [-0.4, -0.2) is 33.6 Å². The van der Waals surface area contributed by atoms with E-state index in [0.717, 1.165) is 32.1 Å². The molecule has 3 nitrogen and oxygen atoms in total. The number of rotatable bonds is 1. The van der Waals surface area contributed by atoms with Crippen molar-refractivity contribution in [1.29, 1.82) is 0 Å². The Kier molecular flexibility index (Phi) is 5.76. The third-order valence-electron chi connectivity index (χ3n) is 5.64. The highest BCUT2D eigenvalue weighted by Gasteiger charge is 2.50. The lowest BCUT2D eigenvalue weighted by molar-refractivity contribution is -0.0432. The lowest BCUT2D eigenvalue weighted by Gasteiger charge is -2.28. The van der Waals surface area contributed by atoms with Crippen LogP contribution in [0.4, 0.5) is 0 Å². The number of fused-ring (bicyclic) bond motifs is 1. The molecule has 0 saturated carbocycles. The zero-order chi connectivity index (χ0) is 17.3. The fourth-order valence-corrected chi connectivity index (χ4v) is 3.43. The molecule has 2 N–H and O–H groups in total. The predicted octanol–water partition coefficient (Wildman–Crippen LogP) is 4.14. The summed E-state index contributed by atoms with van der Waals surface area (Å²) in [5.41, 5.74) is 1.48. The minimum Gasteiger partial charge on any atom is -0.387 e. The Morgan fingerprint density at radius 2 is 1.91 bits per heavy atom. The van der Waals surface area contributed by atoms with Crippen LogP contribution in [0, 0.1) is 5.92 Å². The molecular formula is C20H34O3. The van der Waals surface area contributed by atoms with Crippen molar-refractivity contribution in [3.8, 4) is 0 Å². The molecule has 1 aliphatic carbocycles. The second-order valence-corrected chi connectivity index (χ2v) is 8.25. The Hall–Kier alpha value is -0.640. The van der Waals surface area contributed by atoms with Gasteiger partial charge in [0.15, 0.2) is 0 Å². The van der Waals surface area contributed by atoms with E-state index in [4.69, 9.17) is 4.74 Å². The molecule has 1 heterocycles. The molecule has 23 heavy (non-hydrogen) atoms. The molecule has 0 radical (unpaired) electrons. The third kappa shape index (κ3) is 4.91. The fraction of sp³-hybridized carbons (Fsp3) is 0.800. The molecule has 3 heteroatoms. The van der Waals surface area contributed by atoms with Crippen LogP contribution in [0.5, 0.6) is 0 Å². The van der Waals surface area contributed by atoms with Crippen molar-refractivity contribution in [1.82, 2.24) is 0 Å². The monoisotopic (exact) mass is 322 g/mol. The van der Waals surface area contributed by atoms with Crippen LogP contribution in [0.25, 0.3) is 0 Å². The van der Waals surface area contributed by atoms with Crippen LogP contribution in [0.2, 0.25) is 0 Å². The van der Waals surface area contributed by atoms with E-state index in [1.165, 1.54) is 11.1 Å². The van der Waals surface area contributed by atoms with Gasteiger partial charge < -0.3 is 14.9 Å². The third-order valence-corrected chi connectivity index (χ3v) is 5.64. The summed E-state index contributed by atoms with van der Waals surface area (Å²) in [6, 6.07) is 0. The molecule has 132 valence electrons. The summed E-state index contributed by atoms with van der Waals surface area (Å²) < 4.78 is 5.96. The first-order chi connectivity index (χ1) is 10.6. The van der Waals surface area contributed by atoms with Crippen molar-refractivity contribution in [3.63, 3.8) is 0 Å². The van der Waals surface area contributed by atoms with Gasteiger partial charge in [-0.3, -0.25) is 0 Å². The largest absolute Gasteiger partial charge is 0.387 e. The van der Waals surface area contributed by atoms with Crippen molar-refractivity contribution in [2.24, 2.45) is 5.92 Å². The first kappa shape index (κ1) is 18.7. The minimum atomic E-state index is -1.08. The average Bonchev–Trinajstić information content (AvgIpc) is 3.10. The quantitative estimate of drug-likeness (QED) is 0.563. The van der Waals surface area contributed by atoms with E-state index in [2.05, 4.69) is 33.8 Å². The zero-order valence-corrected chi connectivity index (χ0v) is 15.4. The Labute approximate surface area is 141 Å². The molecule has 0 aromatic heterocycles. The molecular weight excluding hydrogens is 288 g/mol. The van der Waals surface area contributed by atoms with Crippen LogP contribution in [0.15, 0.2) is 23.3 Å². The van der Waals surface area contributed by atoms with Crippen LogP contribution in [0.1, 0.15) is 73.1 Å². The topological polar surface area (TPSA) is 53.0 Å². The van der Waals surface area contributed by atoms with Gasteiger partial charge in [-0.25, -0.2) is 0 Å². The summed E-state index contributed by atoms with van der Waals surface area (Å²) in [7, 11) is 0. The Morgan fingerprint density at radius 3 is 2.57 bits per heavy atom. The van der Waals surface area contributed by atoms with Gasteiger partial charge >= 0.3 is 0 Å². The van der Waals surface area contributed by atoms with Gasteiger partial charge in [0.1, 0.15) is 6.10 Å². The molecule has 1 saturated heterocycles. The van der Waals surface area contributed by atoms with Crippen molar-refractivity contribution in [2.45, 2.75) is 96.6 Å². The summed E-state index contributed by atoms with van der Waals surface area (Å²) in [4.78, 5) is 0. The molecule has 0 aromatic carbocycles. The Balaban J connectivity index is 2.19. The van der Waals surface area contributed by atoms with Gasteiger partial charge in [0.25, 0.3) is 0 Å². The number of allylic oxidation sites excluding steroid dienone is 3. The van der Waals surface area contributed by atoms with E-state index in [1.54, 1.807) is 6.92 Å². The second-order valence-electron chi connectivity index (χ2n) is 8.25. The highest BCUT2D eigenvalue weighted by molar-refractivity contribution is 5.14. The lowest BCUT2D eigenvalue weighted by atomic mass is 9.86. The maximum atomic E-state index is 10.6. The average molecular weight is 322 g/mol. The molecule has 2 aliphatic rings. The number of hydrogen-bond donors (Lipinski definition) is 2. The van der Waals surface area contributed by atoms with Gasteiger partial charge in [-0.15, -0.1) is 0 Å². The van der Waals surface area contributed by atoms with Gasteiger partial charge in [0.05, 0.1) is 17.3 Å². The summed E-state index contributed by atoms with van der Waals surface area (Å²) in [6.45, 7) is 10.4. The van der Waals surface area contributed by atoms with E-state index < -0.39 is 11.7 Å². The second kappa shape index (κ2) is 7.08. The summed E-state index contributed by atoms with van der Waals surface area (Å²) in [5.74, 6) is 0.372. The summed E-state index contributed by atoms with van der Waals surface area (Å²) in [5, 5.41) is 21.1. The molecule has 0 aromatic rings. The lowest BCUT2D eigenvalue weighted by Crippen LogP contribution is -2.38. The molecule has 0 amide bonds. The normalized spacial score (nSPS) is 40.0. The van der Waals surface area contributed by atoms with E-state index >= 15 is 0 Å². The van der Waals surface area contributed by atoms with Gasteiger partial charge in [0, 0.05) is 0 Å².